The first kappa shape index (κ1) is 18.7. The number of aryl methyl sites for hydroxylation is 1. The fourth-order valence-corrected chi connectivity index (χ4v) is 4.06. The first-order valence-corrected chi connectivity index (χ1v) is 10.1. The average molecular weight is 373 g/mol. The van der Waals surface area contributed by atoms with Crippen molar-refractivity contribution in [2.24, 2.45) is 5.92 Å². The summed E-state index contributed by atoms with van der Waals surface area (Å²) < 4.78 is 6.07. The smallest absolute Gasteiger partial charge is 0.120 e. The molecule has 0 saturated heterocycles. The molecule has 3 aromatic rings. The van der Waals surface area contributed by atoms with E-state index in [9.17, 15) is 0 Å². The highest BCUT2D eigenvalue weighted by molar-refractivity contribution is 5.62. The molecule has 0 bridgehead atoms. The Morgan fingerprint density at radius 1 is 1.00 bits per heavy atom. The van der Waals surface area contributed by atoms with Crippen molar-refractivity contribution in [3.8, 4) is 16.9 Å². The van der Waals surface area contributed by atoms with Gasteiger partial charge in [-0.1, -0.05) is 36.4 Å². The van der Waals surface area contributed by atoms with Crippen LogP contribution in [0.15, 0.2) is 67.0 Å². The Balaban J connectivity index is 1.37. The van der Waals surface area contributed by atoms with E-state index in [0.29, 0.717) is 6.61 Å². The van der Waals surface area contributed by atoms with Gasteiger partial charge in [-0.05, 0) is 85.3 Å². The van der Waals surface area contributed by atoms with Gasteiger partial charge in [0.1, 0.15) is 12.4 Å². The van der Waals surface area contributed by atoms with Crippen molar-refractivity contribution in [3.63, 3.8) is 0 Å². The minimum absolute atomic E-state index is 0.593. The number of rotatable bonds is 6. The van der Waals surface area contributed by atoms with Crippen molar-refractivity contribution in [1.29, 1.82) is 0 Å². The molecular weight excluding hydrogens is 344 g/mol. The topological polar surface area (TPSA) is 25.4 Å². The average Bonchev–Trinajstić information content (AvgIpc) is 2.73. The number of ether oxygens (including phenoxy) is 1. The number of hydrogen-bond donors (Lipinski definition) is 0. The van der Waals surface area contributed by atoms with E-state index >= 15 is 0 Å². The number of benzene rings is 2. The van der Waals surface area contributed by atoms with Gasteiger partial charge in [0.15, 0.2) is 0 Å². The van der Waals surface area contributed by atoms with Crippen LogP contribution in [0.4, 0.5) is 0 Å². The van der Waals surface area contributed by atoms with E-state index < -0.39 is 0 Å². The van der Waals surface area contributed by atoms with Gasteiger partial charge in [0.05, 0.1) is 0 Å². The molecule has 2 aromatic carbocycles. The molecule has 0 spiro atoms. The summed E-state index contributed by atoms with van der Waals surface area (Å²) in [6, 6.07) is 19.2. The predicted octanol–water partition coefficient (Wildman–Crippen LogP) is 4.99. The van der Waals surface area contributed by atoms with Crippen LogP contribution in [0.2, 0.25) is 0 Å². The van der Waals surface area contributed by atoms with Crippen LogP contribution in [-0.4, -0.2) is 30.5 Å². The molecule has 3 heteroatoms. The second kappa shape index (κ2) is 8.57. The molecule has 1 heterocycles. The van der Waals surface area contributed by atoms with Gasteiger partial charge in [0, 0.05) is 18.9 Å². The standard InChI is InChI=1S/C25H28N2O/c1-27(2)17-20-7-10-23-15-25(12-11-22(23)14-20)28-18-19-5-8-21(9-6-19)24-4-3-13-26-16-24/h3-6,8-9,11-13,15-16,20H,7,10,14,17-18H2,1-2H3. The van der Waals surface area contributed by atoms with Gasteiger partial charge in [-0.2, -0.15) is 0 Å². The number of nitrogens with zero attached hydrogens (tertiary/aromatic N) is 2. The van der Waals surface area contributed by atoms with E-state index in [1.54, 1.807) is 6.20 Å². The lowest BCUT2D eigenvalue weighted by atomic mass is 9.83. The Morgan fingerprint density at radius 3 is 2.61 bits per heavy atom. The molecule has 28 heavy (non-hydrogen) atoms. The van der Waals surface area contributed by atoms with Crippen LogP contribution in [0, 0.1) is 5.92 Å². The van der Waals surface area contributed by atoms with E-state index in [2.05, 4.69) is 72.5 Å². The highest BCUT2D eigenvalue weighted by Crippen LogP contribution is 2.29. The van der Waals surface area contributed by atoms with Crippen LogP contribution in [0.3, 0.4) is 0 Å². The van der Waals surface area contributed by atoms with E-state index in [4.69, 9.17) is 4.74 Å². The number of aromatic nitrogens is 1. The van der Waals surface area contributed by atoms with E-state index in [0.717, 1.165) is 23.7 Å². The minimum atomic E-state index is 0.593. The van der Waals surface area contributed by atoms with Crippen molar-refractivity contribution in [1.82, 2.24) is 9.88 Å². The van der Waals surface area contributed by atoms with Crippen LogP contribution < -0.4 is 4.74 Å². The molecule has 144 valence electrons. The third kappa shape index (κ3) is 4.60. The Kier molecular flexibility index (Phi) is 5.73. The van der Waals surface area contributed by atoms with Gasteiger partial charge in [0.2, 0.25) is 0 Å². The molecule has 1 aliphatic carbocycles. The maximum atomic E-state index is 6.07. The fraction of sp³-hybridized carbons (Fsp3) is 0.320. The van der Waals surface area contributed by atoms with Gasteiger partial charge in [-0.25, -0.2) is 0 Å². The molecule has 3 nitrogen and oxygen atoms in total. The first-order chi connectivity index (χ1) is 13.7. The lowest BCUT2D eigenvalue weighted by molar-refractivity contribution is 0.297. The van der Waals surface area contributed by atoms with Gasteiger partial charge >= 0.3 is 0 Å². The quantitative estimate of drug-likeness (QED) is 0.609. The molecule has 4 rings (SSSR count). The van der Waals surface area contributed by atoms with Crippen LogP contribution >= 0.6 is 0 Å². The van der Waals surface area contributed by atoms with Crippen LogP contribution in [-0.2, 0) is 19.4 Å². The number of pyridine rings is 1. The maximum absolute atomic E-state index is 6.07. The van der Waals surface area contributed by atoms with Crippen LogP contribution in [0.25, 0.3) is 11.1 Å². The van der Waals surface area contributed by atoms with Gasteiger partial charge in [0.25, 0.3) is 0 Å². The molecular formula is C25H28N2O. The molecule has 1 aromatic heterocycles. The Bertz CT molecular complexity index is 904. The highest BCUT2D eigenvalue weighted by atomic mass is 16.5. The van der Waals surface area contributed by atoms with E-state index in [1.807, 2.05) is 12.3 Å². The Morgan fingerprint density at radius 2 is 1.86 bits per heavy atom. The lowest BCUT2D eigenvalue weighted by Gasteiger charge is -2.27. The zero-order chi connectivity index (χ0) is 19.3. The van der Waals surface area contributed by atoms with Gasteiger partial charge in [-0.3, -0.25) is 4.98 Å². The maximum Gasteiger partial charge on any atom is 0.120 e. The molecule has 0 saturated carbocycles. The zero-order valence-electron chi connectivity index (χ0n) is 16.8. The SMILES string of the molecule is CN(C)CC1CCc2cc(OCc3ccc(-c4cccnc4)cc3)ccc2C1. The molecule has 0 amide bonds. The summed E-state index contributed by atoms with van der Waals surface area (Å²) in [7, 11) is 4.32. The summed E-state index contributed by atoms with van der Waals surface area (Å²) in [4.78, 5) is 6.48. The summed E-state index contributed by atoms with van der Waals surface area (Å²) in [5.74, 6) is 1.74. The van der Waals surface area contributed by atoms with Crippen LogP contribution in [0.1, 0.15) is 23.1 Å². The van der Waals surface area contributed by atoms with Crippen LogP contribution in [0.5, 0.6) is 5.75 Å². The number of hydrogen-bond acceptors (Lipinski definition) is 3. The first-order valence-electron chi connectivity index (χ1n) is 10.1. The molecule has 1 aliphatic rings. The Labute approximate surface area is 168 Å². The van der Waals surface area contributed by atoms with Crippen molar-refractivity contribution >= 4 is 0 Å². The van der Waals surface area contributed by atoms with Crippen molar-refractivity contribution < 1.29 is 4.74 Å². The minimum Gasteiger partial charge on any atom is -0.489 e. The van der Waals surface area contributed by atoms with Crippen molar-refractivity contribution in [2.45, 2.75) is 25.9 Å². The molecule has 0 aliphatic heterocycles. The third-order valence-corrected chi connectivity index (χ3v) is 5.49. The molecule has 0 N–H and O–H groups in total. The molecule has 1 atom stereocenters. The lowest BCUT2D eigenvalue weighted by Crippen LogP contribution is -2.26. The second-order valence-corrected chi connectivity index (χ2v) is 8.03. The van der Waals surface area contributed by atoms with E-state index in [1.165, 1.54) is 41.6 Å². The summed E-state index contributed by atoms with van der Waals surface area (Å²) >= 11 is 0. The summed E-state index contributed by atoms with van der Waals surface area (Å²) in [5, 5.41) is 0. The molecule has 0 radical (unpaired) electrons. The summed E-state index contributed by atoms with van der Waals surface area (Å²) in [6.45, 7) is 1.77. The monoisotopic (exact) mass is 372 g/mol. The Hall–Kier alpha value is -2.65. The fourth-order valence-electron chi connectivity index (χ4n) is 4.06. The van der Waals surface area contributed by atoms with Gasteiger partial charge in [-0.15, -0.1) is 0 Å². The molecule has 1 unspecified atom stereocenters. The van der Waals surface area contributed by atoms with Crippen molar-refractivity contribution in [2.75, 3.05) is 20.6 Å². The van der Waals surface area contributed by atoms with Crippen molar-refractivity contribution in [3.05, 3.63) is 83.7 Å². The third-order valence-electron chi connectivity index (χ3n) is 5.49. The van der Waals surface area contributed by atoms with Gasteiger partial charge < -0.3 is 9.64 Å². The van der Waals surface area contributed by atoms with E-state index in [-0.39, 0.29) is 0 Å². The summed E-state index contributed by atoms with van der Waals surface area (Å²) in [5.41, 5.74) is 6.44. The second-order valence-electron chi connectivity index (χ2n) is 8.03. The molecule has 0 fully saturated rings. The normalized spacial score (nSPS) is 16.0. The largest absolute Gasteiger partial charge is 0.489 e. The predicted molar refractivity (Wildman–Crippen MR) is 115 cm³/mol. The highest BCUT2D eigenvalue weighted by Gasteiger charge is 2.19. The number of fused-ring (bicyclic) bond motifs is 1. The zero-order valence-corrected chi connectivity index (χ0v) is 16.8. The summed E-state index contributed by atoms with van der Waals surface area (Å²) in [6.07, 6.45) is 7.30.